The molecule has 16 heavy (non-hydrogen) atoms. The first kappa shape index (κ1) is 9.47. The van der Waals surface area contributed by atoms with Crippen molar-refractivity contribution in [3.8, 4) is 11.4 Å². The molecule has 1 saturated heterocycles. The van der Waals surface area contributed by atoms with E-state index in [4.69, 9.17) is 4.52 Å². The Morgan fingerprint density at radius 2 is 2.25 bits per heavy atom. The minimum atomic E-state index is 0.179. The monoisotopic (exact) mass is 215 g/mol. The van der Waals surface area contributed by atoms with Crippen LogP contribution in [0.2, 0.25) is 0 Å². The Kier molecular flexibility index (Phi) is 2.38. The third kappa shape index (κ3) is 1.69. The summed E-state index contributed by atoms with van der Waals surface area (Å²) in [5.74, 6) is 0.832. The molecule has 0 N–H and O–H groups in total. The van der Waals surface area contributed by atoms with Crippen molar-refractivity contribution < 1.29 is 4.52 Å². The molecule has 1 radical (unpaired) electrons. The molecule has 3 heterocycles. The third-order valence-electron chi connectivity index (χ3n) is 2.67. The minimum absolute atomic E-state index is 0.179. The van der Waals surface area contributed by atoms with Crippen LogP contribution in [0.3, 0.4) is 0 Å². The second-order valence-corrected chi connectivity index (χ2v) is 3.77. The van der Waals surface area contributed by atoms with Crippen molar-refractivity contribution in [2.75, 3.05) is 6.54 Å². The highest BCUT2D eigenvalue weighted by Crippen LogP contribution is 2.27. The highest BCUT2D eigenvalue weighted by atomic mass is 16.5. The molecule has 2 aromatic heterocycles. The van der Waals surface area contributed by atoms with Gasteiger partial charge in [-0.2, -0.15) is 0 Å². The van der Waals surface area contributed by atoms with Gasteiger partial charge in [-0.1, -0.05) is 5.16 Å². The lowest BCUT2D eigenvalue weighted by Gasteiger charge is -2.00. The summed E-state index contributed by atoms with van der Waals surface area (Å²) in [6.07, 6.45) is 7.13. The Balaban J connectivity index is 1.87. The molecule has 5 heteroatoms. The second-order valence-electron chi connectivity index (χ2n) is 3.77. The molecule has 0 bridgehead atoms. The van der Waals surface area contributed by atoms with Crippen LogP contribution in [0, 0.1) is 0 Å². The number of nitrogens with zero attached hydrogens (tertiary/aromatic N) is 4. The lowest BCUT2D eigenvalue weighted by Crippen LogP contribution is -2.03. The smallest absolute Gasteiger partial charge is 0.155 e. The maximum absolute atomic E-state index is 5.29. The topological polar surface area (TPSA) is 65.9 Å². The molecule has 1 unspecified atom stereocenters. The second kappa shape index (κ2) is 4.02. The molecule has 1 fully saturated rings. The molecule has 1 atom stereocenters. The summed E-state index contributed by atoms with van der Waals surface area (Å²) in [5.41, 5.74) is 1.46. The molecule has 0 aromatic carbocycles. The van der Waals surface area contributed by atoms with E-state index in [1.807, 2.05) is 6.07 Å². The van der Waals surface area contributed by atoms with Gasteiger partial charge in [0, 0.05) is 25.0 Å². The van der Waals surface area contributed by atoms with Crippen molar-refractivity contribution in [1.82, 2.24) is 20.4 Å². The van der Waals surface area contributed by atoms with Gasteiger partial charge in [-0.15, -0.1) is 0 Å². The van der Waals surface area contributed by atoms with E-state index in [-0.39, 0.29) is 6.04 Å². The molecular formula is C11H11N4O. The maximum Gasteiger partial charge on any atom is 0.155 e. The lowest BCUT2D eigenvalue weighted by molar-refractivity contribution is 0.351. The van der Waals surface area contributed by atoms with Gasteiger partial charge in [-0.05, 0) is 12.8 Å². The zero-order valence-corrected chi connectivity index (χ0v) is 8.71. The summed E-state index contributed by atoms with van der Waals surface area (Å²) in [4.78, 5) is 8.17. The van der Waals surface area contributed by atoms with E-state index in [9.17, 15) is 0 Å². The first-order valence-corrected chi connectivity index (χ1v) is 5.33. The van der Waals surface area contributed by atoms with E-state index < -0.39 is 0 Å². The van der Waals surface area contributed by atoms with Crippen LogP contribution >= 0.6 is 0 Å². The van der Waals surface area contributed by atoms with Crippen LogP contribution in [0.5, 0.6) is 0 Å². The normalized spacial score (nSPS) is 20.1. The maximum atomic E-state index is 5.29. The van der Waals surface area contributed by atoms with Gasteiger partial charge in [-0.3, -0.25) is 9.97 Å². The Hall–Kier alpha value is -1.75. The Morgan fingerprint density at radius 1 is 1.25 bits per heavy atom. The molecular weight excluding hydrogens is 204 g/mol. The highest BCUT2D eigenvalue weighted by Gasteiger charge is 2.22. The molecule has 0 saturated carbocycles. The van der Waals surface area contributed by atoms with Crippen molar-refractivity contribution in [2.45, 2.75) is 18.9 Å². The first-order valence-electron chi connectivity index (χ1n) is 5.33. The lowest BCUT2D eigenvalue weighted by atomic mass is 10.1. The molecule has 2 aromatic rings. The minimum Gasteiger partial charge on any atom is -0.359 e. The zero-order valence-electron chi connectivity index (χ0n) is 8.71. The fraction of sp³-hybridized carbons (Fsp3) is 0.364. The van der Waals surface area contributed by atoms with E-state index in [0.717, 1.165) is 36.5 Å². The first-order chi connectivity index (χ1) is 7.93. The number of hydrogen-bond donors (Lipinski definition) is 0. The number of hydrogen-bond acceptors (Lipinski definition) is 4. The van der Waals surface area contributed by atoms with Crippen LogP contribution < -0.4 is 5.32 Å². The van der Waals surface area contributed by atoms with Gasteiger partial charge in [0.05, 0.1) is 12.2 Å². The Morgan fingerprint density at radius 3 is 3.00 bits per heavy atom. The molecule has 1 aliphatic rings. The number of aromatic nitrogens is 3. The van der Waals surface area contributed by atoms with Crippen LogP contribution in [0.25, 0.3) is 11.4 Å². The molecule has 0 amide bonds. The average Bonchev–Trinajstić information content (AvgIpc) is 3.01. The molecule has 0 aliphatic carbocycles. The fourth-order valence-electron chi connectivity index (χ4n) is 1.85. The summed E-state index contributed by atoms with van der Waals surface area (Å²) >= 11 is 0. The average molecular weight is 215 g/mol. The van der Waals surface area contributed by atoms with E-state index >= 15 is 0 Å². The van der Waals surface area contributed by atoms with Gasteiger partial charge in [0.15, 0.2) is 5.76 Å². The van der Waals surface area contributed by atoms with Crippen molar-refractivity contribution in [3.05, 3.63) is 30.4 Å². The molecule has 0 spiro atoms. The van der Waals surface area contributed by atoms with Gasteiger partial charge in [-0.25, -0.2) is 5.32 Å². The van der Waals surface area contributed by atoms with Crippen molar-refractivity contribution >= 4 is 0 Å². The van der Waals surface area contributed by atoms with Gasteiger partial charge < -0.3 is 4.52 Å². The van der Waals surface area contributed by atoms with Gasteiger partial charge >= 0.3 is 0 Å². The molecule has 3 rings (SSSR count). The van der Waals surface area contributed by atoms with Crippen LogP contribution in [0.15, 0.2) is 29.2 Å². The largest absolute Gasteiger partial charge is 0.359 e. The van der Waals surface area contributed by atoms with E-state index in [2.05, 4.69) is 20.4 Å². The summed E-state index contributed by atoms with van der Waals surface area (Å²) in [6.45, 7) is 0.922. The van der Waals surface area contributed by atoms with Crippen molar-refractivity contribution in [1.29, 1.82) is 0 Å². The predicted octanol–water partition coefficient (Wildman–Crippen LogP) is 1.57. The van der Waals surface area contributed by atoms with E-state index in [1.54, 1.807) is 18.6 Å². The van der Waals surface area contributed by atoms with Crippen LogP contribution in [-0.4, -0.2) is 21.7 Å². The standard InChI is InChI=1S/C11H11N4O/c1-2-8(13-3-1)11-6-9(15-16-11)10-7-12-4-5-14-10/h4-8H,1-3H2. The quantitative estimate of drug-likeness (QED) is 0.762. The Bertz CT molecular complexity index is 462. The highest BCUT2D eigenvalue weighted by molar-refractivity contribution is 5.52. The SMILES string of the molecule is c1cnc(-c2cc(C3CCC[N]3)on2)cn1. The van der Waals surface area contributed by atoms with Gasteiger partial charge in [0.1, 0.15) is 11.4 Å². The summed E-state index contributed by atoms with van der Waals surface area (Å²) in [6, 6.07) is 2.08. The van der Waals surface area contributed by atoms with Crippen molar-refractivity contribution in [2.24, 2.45) is 0 Å². The summed E-state index contributed by atoms with van der Waals surface area (Å²) in [5, 5.41) is 8.44. The van der Waals surface area contributed by atoms with Crippen LogP contribution in [0.1, 0.15) is 24.6 Å². The Labute approximate surface area is 92.9 Å². The molecule has 81 valence electrons. The summed E-state index contributed by atoms with van der Waals surface area (Å²) < 4.78 is 5.29. The van der Waals surface area contributed by atoms with Crippen LogP contribution in [0.4, 0.5) is 0 Å². The zero-order chi connectivity index (χ0) is 10.8. The summed E-state index contributed by atoms with van der Waals surface area (Å²) in [7, 11) is 0. The molecule has 1 aliphatic heterocycles. The number of rotatable bonds is 2. The third-order valence-corrected chi connectivity index (χ3v) is 2.67. The fourth-order valence-corrected chi connectivity index (χ4v) is 1.85. The van der Waals surface area contributed by atoms with Gasteiger partial charge in [0.25, 0.3) is 0 Å². The predicted molar refractivity (Wildman–Crippen MR) is 56.5 cm³/mol. The van der Waals surface area contributed by atoms with Gasteiger partial charge in [0.2, 0.25) is 0 Å². The van der Waals surface area contributed by atoms with E-state index in [0.29, 0.717) is 0 Å². The van der Waals surface area contributed by atoms with E-state index in [1.165, 1.54) is 0 Å². The van der Waals surface area contributed by atoms with Crippen LogP contribution in [-0.2, 0) is 0 Å². The van der Waals surface area contributed by atoms with Crippen molar-refractivity contribution in [3.63, 3.8) is 0 Å². The molecule has 5 nitrogen and oxygen atoms in total.